The van der Waals surface area contributed by atoms with Gasteiger partial charge in [0.1, 0.15) is 5.82 Å². The monoisotopic (exact) mass is 242 g/mol. The molecule has 1 aliphatic heterocycles. The minimum atomic E-state index is 0.321. The molecule has 0 fully saturated rings. The van der Waals surface area contributed by atoms with Crippen molar-refractivity contribution in [2.24, 2.45) is 0 Å². The maximum Gasteiger partial charge on any atom is 0.239 e. The number of hydrogen-bond acceptors (Lipinski definition) is 3. The van der Waals surface area contributed by atoms with Crippen LogP contribution >= 0.6 is 0 Å². The van der Waals surface area contributed by atoms with Crippen molar-refractivity contribution in [3.63, 3.8) is 0 Å². The molecule has 2 aromatic rings. The summed E-state index contributed by atoms with van der Waals surface area (Å²) in [6.45, 7) is 4.31. The fourth-order valence-electron chi connectivity index (χ4n) is 2.83. The quantitative estimate of drug-likeness (QED) is 0.835. The van der Waals surface area contributed by atoms with E-state index in [9.17, 15) is 0 Å². The standard InChI is InChI=1S/C14H18N4/c1-9-3-5-11(6-4-9)12-7-8-13-16-14(15)17-18(13)10(12)2/h3-6,10,12H,7-8H2,1-2H3,(H2,15,17). The Hall–Kier alpha value is -1.84. The number of aryl methyl sites for hydroxylation is 2. The zero-order valence-corrected chi connectivity index (χ0v) is 10.8. The van der Waals surface area contributed by atoms with Crippen molar-refractivity contribution < 1.29 is 0 Å². The van der Waals surface area contributed by atoms with Crippen molar-refractivity contribution in [1.82, 2.24) is 14.8 Å². The normalized spacial score (nSPS) is 22.8. The summed E-state index contributed by atoms with van der Waals surface area (Å²) in [5, 5.41) is 4.31. The fraction of sp³-hybridized carbons (Fsp3) is 0.429. The molecule has 4 heteroatoms. The molecule has 0 amide bonds. The van der Waals surface area contributed by atoms with Crippen LogP contribution in [-0.4, -0.2) is 14.8 Å². The molecule has 18 heavy (non-hydrogen) atoms. The number of nitrogens with zero attached hydrogens (tertiary/aromatic N) is 3. The van der Waals surface area contributed by atoms with E-state index >= 15 is 0 Å². The smallest absolute Gasteiger partial charge is 0.239 e. The van der Waals surface area contributed by atoms with Crippen molar-refractivity contribution in [1.29, 1.82) is 0 Å². The Labute approximate surface area is 107 Å². The second-order valence-corrected chi connectivity index (χ2v) is 5.13. The second kappa shape index (κ2) is 4.12. The zero-order valence-electron chi connectivity index (χ0n) is 10.8. The predicted octanol–water partition coefficient (Wildman–Crippen LogP) is 2.46. The molecule has 1 aliphatic rings. The molecule has 2 atom stereocenters. The molecule has 2 N–H and O–H groups in total. The zero-order chi connectivity index (χ0) is 12.7. The molecule has 3 rings (SSSR count). The van der Waals surface area contributed by atoms with E-state index in [4.69, 9.17) is 5.73 Å². The van der Waals surface area contributed by atoms with E-state index in [0.29, 0.717) is 17.9 Å². The molecule has 1 aromatic heterocycles. The van der Waals surface area contributed by atoms with E-state index in [1.165, 1.54) is 11.1 Å². The van der Waals surface area contributed by atoms with Crippen LogP contribution in [0.1, 0.15) is 42.3 Å². The first-order valence-corrected chi connectivity index (χ1v) is 6.42. The van der Waals surface area contributed by atoms with Crippen LogP contribution in [0.5, 0.6) is 0 Å². The van der Waals surface area contributed by atoms with Gasteiger partial charge in [0.05, 0.1) is 6.04 Å². The lowest BCUT2D eigenvalue weighted by Gasteiger charge is -2.29. The average molecular weight is 242 g/mol. The molecule has 0 spiro atoms. The van der Waals surface area contributed by atoms with Crippen LogP contribution in [0.4, 0.5) is 5.95 Å². The Morgan fingerprint density at radius 1 is 1.28 bits per heavy atom. The first-order valence-electron chi connectivity index (χ1n) is 6.42. The van der Waals surface area contributed by atoms with Crippen LogP contribution in [0, 0.1) is 6.92 Å². The molecule has 0 radical (unpaired) electrons. The SMILES string of the molecule is Cc1ccc(C2CCc3nc(N)nn3C2C)cc1. The van der Waals surface area contributed by atoms with Crippen LogP contribution in [-0.2, 0) is 6.42 Å². The van der Waals surface area contributed by atoms with Gasteiger partial charge in [0.15, 0.2) is 0 Å². The van der Waals surface area contributed by atoms with Crippen molar-refractivity contribution in [3.05, 3.63) is 41.2 Å². The van der Waals surface area contributed by atoms with Crippen LogP contribution in [0.2, 0.25) is 0 Å². The molecule has 0 bridgehead atoms. The van der Waals surface area contributed by atoms with E-state index < -0.39 is 0 Å². The summed E-state index contributed by atoms with van der Waals surface area (Å²) >= 11 is 0. The van der Waals surface area contributed by atoms with Crippen molar-refractivity contribution in [2.75, 3.05) is 5.73 Å². The Kier molecular flexibility index (Phi) is 2.58. The summed E-state index contributed by atoms with van der Waals surface area (Å²) in [5.74, 6) is 1.91. The lowest BCUT2D eigenvalue weighted by atomic mass is 9.85. The predicted molar refractivity (Wildman–Crippen MR) is 71.4 cm³/mol. The van der Waals surface area contributed by atoms with E-state index in [1.54, 1.807) is 0 Å². The van der Waals surface area contributed by atoms with E-state index in [0.717, 1.165) is 18.7 Å². The fourth-order valence-corrected chi connectivity index (χ4v) is 2.83. The van der Waals surface area contributed by atoms with E-state index in [2.05, 4.69) is 48.2 Å². The number of benzene rings is 1. The third-order valence-electron chi connectivity index (χ3n) is 3.87. The lowest BCUT2D eigenvalue weighted by molar-refractivity contribution is 0.338. The van der Waals surface area contributed by atoms with Crippen LogP contribution in [0.15, 0.2) is 24.3 Å². The minimum absolute atomic E-state index is 0.321. The first-order chi connectivity index (χ1) is 8.65. The van der Waals surface area contributed by atoms with Crippen LogP contribution < -0.4 is 5.73 Å². The molecule has 4 nitrogen and oxygen atoms in total. The highest BCUT2D eigenvalue weighted by atomic mass is 15.4. The van der Waals surface area contributed by atoms with Gasteiger partial charge in [-0.15, -0.1) is 5.10 Å². The van der Waals surface area contributed by atoms with E-state index in [1.807, 2.05) is 4.68 Å². The molecule has 94 valence electrons. The summed E-state index contributed by atoms with van der Waals surface area (Å²) in [4.78, 5) is 4.27. The highest BCUT2D eigenvalue weighted by Gasteiger charge is 2.29. The molecule has 1 aromatic carbocycles. The Morgan fingerprint density at radius 3 is 2.72 bits per heavy atom. The van der Waals surface area contributed by atoms with Gasteiger partial charge in [0.25, 0.3) is 0 Å². The number of nitrogen functional groups attached to an aromatic ring is 1. The first kappa shape index (κ1) is 11.3. The minimum Gasteiger partial charge on any atom is -0.366 e. The maximum absolute atomic E-state index is 5.68. The molecule has 0 saturated carbocycles. The van der Waals surface area contributed by atoms with Gasteiger partial charge in [-0.3, -0.25) is 0 Å². The topological polar surface area (TPSA) is 56.7 Å². The summed E-state index contributed by atoms with van der Waals surface area (Å²) in [7, 11) is 0. The number of aromatic nitrogens is 3. The van der Waals surface area contributed by atoms with E-state index in [-0.39, 0.29) is 0 Å². The molecule has 2 unspecified atom stereocenters. The lowest BCUT2D eigenvalue weighted by Crippen LogP contribution is -2.24. The summed E-state index contributed by atoms with van der Waals surface area (Å²) in [5.41, 5.74) is 8.36. The molecule has 0 saturated heterocycles. The summed E-state index contributed by atoms with van der Waals surface area (Å²) in [6, 6.07) is 9.12. The largest absolute Gasteiger partial charge is 0.366 e. The number of nitrogens with two attached hydrogens (primary N) is 1. The van der Waals surface area contributed by atoms with Gasteiger partial charge in [-0.1, -0.05) is 29.8 Å². The maximum atomic E-state index is 5.68. The summed E-state index contributed by atoms with van der Waals surface area (Å²) in [6.07, 6.45) is 2.06. The third kappa shape index (κ3) is 1.78. The van der Waals surface area contributed by atoms with Crippen LogP contribution in [0.3, 0.4) is 0 Å². The van der Waals surface area contributed by atoms with Gasteiger partial charge in [-0.2, -0.15) is 4.98 Å². The average Bonchev–Trinajstić information content (AvgIpc) is 2.73. The van der Waals surface area contributed by atoms with Crippen molar-refractivity contribution in [3.8, 4) is 0 Å². The van der Waals surface area contributed by atoms with Gasteiger partial charge in [-0.25, -0.2) is 4.68 Å². The Bertz CT molecular complexity index is 556. The highest BCUT2D eigenvalue weighted by molar-refractivity contribution is 5.27. The third-order valence-corrected chi connectivity index (χ3v) is 3.87. The van der Waals surface area contributed by atoms with Gasteiger partial charge in [-0.05, 0) is 25.8 Å². The van der Waals surface area contributed by atoms with Crippen molar-refractivity contribution >= 4 is 5.95 Å². The van der Waals surface area contributed by atoms with Gasteiger partial charge in [0, 0.05) is 12.3 Å². The number of fused-ring (bicyclic) bond motifs is 1. The van der Waals surface area contributed by atoms with Crippen LogP contribution in [0.25, 0.3) is 0 Å². The number of hydrogen-bond donors (Lipinski definition) is 1. The van der Waals surface area contributed by atoms with Gasteiger partial charge < -0.3 is 5.73 Å². The van der Waals surface area contributed by atoms with Crippen molar-refractivity contribution in [2.45, 2.75) is 38.6 Å². The summed E-state index contributed by atoms with van der Waals surface area (Å²) < 4.78 is 1.99. The molecule has 2 heterocycles. The molecular formula is C14H18N4. The Morgan fingerprint density at radius 2 is 2.00 bits per heavy atom. The van der Waals surface area contributed by atoms with Gasteiger partial charge in [0.2, 0.25) is 5.95 Å². The molecular weight excluding hydrogens is 224 g/mol. The second-order valence-electron chi connectivity index (χ2n) is 5.13. The number of anilines is 1. The highest BCUT2D eigenvalue weighted by Crippen LogP contribution is 2.36. The number of rotatable bonds is 1. The Balaban J connectivity index is 1.94. The van der Waals surface area contributed by atoms with Gasteiger partial charge >= 0.3 is 0 Å². The molecule has 0 aliphatic carbocycles.